The van der Waals surface area contributed by atoms with Gasteiger partial charge in [-0.15, -0.1) is 0 Å². The Labute approximate surface area is 107 Å². The Morgan fingerprint density at radius 1 is 1.17 bits per heavy atom. The molecule has 0 aliphatic heterocycles. The van der Waals surface area contributed by atoms with E-state index in [-0.39, 0.29) is 5.75 Å². The summed E-state index contributed by atoms with van der Waals surface area (Å²) < 4.78 is 22.0. The van der Waals surface area contributed by atoms with Crippen LogP contribution in [0.4, 0.5) is 0 Å². The molecule has 2 aromatic heterocycles. The first-order valence-corrected chi connectivity index (χ1v) is 7.29. The Balaban J connectivity index is 2.21. The number of sulfone groups is 1. The highest BCUT2D eigenvalue weighted by molar-refractivity contribution is 7.92. The van der Waals surface area contributed by atoms with Crippen LogP contribution in [0.15, 0.2) is 42.7 Å². The van der Waals surface area contributed by atoms with E-state index >= 15 is 0 Å². The second-order valence-electron chi connectivity index (χ2n) is 3.95. The second-order valence-corrected chi connectivity index (χ2v) is 5.85. The maximum Gasteiger partial charge on any atom is 0.151 e. The lowest BCUT2D eigenvalue weighted by atomic mass is 10.2. The number of nitrogens with zero attached hydrogens (tertiary/aromatic N) is 2. The Hall–Kier alpha value is -1.75. The summed E-state index contributed by atoms with van der Waals surface area (Å²) in [5.74, 6) is 0.0104. The number of pyridine rings is 2. The van der Waals surface area contributed by atoms with Gasteiger partial charge in [0, 0.05) is 30.1 Å². The molecule has 93 valence electrons. The van der Waals surface area contributed by atoms with Crippen LogP contribution in [0.2, 0.25) is 0 Å². The lowest BCUT2D eigenvalue weighted by Crippen LogP contribution is -2.05. The van der Waals surface area contributed by atoms with Gasteiger partial charge < -0.3 is 0 Å². The van der Waals surface area contributed by atoms with Gasteiger partial charge in [0.1, 0.15) is 0 Å². The maximum absolute atomic E-state index is 11.0. The lowest BCUT2D eigenvalue weighted by Gasteiger charge is -2.03. The van der Waals surface area contributed by atoms with Gasteiger partial charge in [0.25, 0.3) is 0 Å². The monoisotopic (exact) mass is 261 g/mol. The normalized spacial score (nSPS) is 11.4. The highest BCUT2D eigenvalue weighted by atomic mass is 32.2. The SMILES string of the molecule is [CH2]S(=O)(=O)CCc1cccc(-c2cccnc2)n1. The second kappa shape index (κ2) is 5.27. The minimum Gasteiger partial charge on any atom is -0.264 e. The number of aryl methyl sites for hydroxylation is 1. The molecule has 0 bridgehead atoms. The fraction of sp³-hybridized carbons (Fsp3) is 0.154. The van der Waals surface area contributed by atoms with Crippen LogP contribution in [0, 0.1) is 6.26 Å². The minimum atomic E-state index is -3.20. The molecule has 18 heavy (non-hydrogen) atoms. The zero-order chi connectivity index (χ0) is 13.0. The highest BCUT2D eigenvalue weighted by Crippen LogP contribution is 2.15. The Bertz CT molecular complexity index is 624. The molecule has 0 amide bonds. The fourth-order valence-corrected chi connectivity index (χ4v) is 2.07. The van der Waals surface area contributed by atoms with Crippen LogP contribution in [0.25, 0.3) is 11.3 Å². The molecule has 4 nitrogen and oxygen atoms in total. The first-order chi connectivity index (χ1) is 8.54. The number of aromatic nitrogens is 2. The van der Waals surface area contributed by atoms with E-state index in [2.05, 4.69) is 16.2 Å². The summed E-state index contributed by atoms with van der Waals surface area (Å²) in [4.78, 5) is 8.44. The van der Waals surface area contributed by atoms with E-state index in [4.69, 9.17) is 0 Å². The molecule has 0 aliphatic rings. The molecular weight excluding hydrogens is 248 g/mol. The third-order valence-corrected chi connectivity index (χ3v) is 3.26. The van der Waals surface area contributed by atoms with E-state index in [1.807, 2.05) is 30.3 Å². The van der Waals surface area contributed by atoms with Gasteiger partial charge in [-0.3, -0.25) is 9.97 Å². The first kappa shape index (κ1) is 12.7. The molecule has 2 heterocycles. The molecule has 0 aliphatic carbocycles. The topological polar surface area (TPSA) is 59.9 Å². The molecular formula is C13H13N2O2S. The molecule has 0 aromatic carbocycles. The van der Waals surface area contributed by atoms with Crippen molar-refractivity contribution in [2.24, 2.45) is 0 Å². The van der Waals surface area contributed by atoms with Crippen molar-refractivity contribution in [1.82, 2.24) is 9.97 Å². The fourth-order valence-electron chi connectivity index (χ4n) is 1.55. The van der Waals surface area contributed by atoms with Crippen molar-refractivity contribution >= 4 is 9.84 Å². The molecule has 0 N–H and O–H groups in total. The van der Waals surface area contributed by atoms with Gasteiger partial charge in [0.05, 0.1) is 17.7 Å². The zero-order valence-corrected chi connectivity index (χ0v) is 10.6. The van der Waals surface area contributed by atoms with Crippen LogP contribution in [-0.4, -0.2) is 24.1 Å². The highest BCUT2D eigenvalue weighted by Gasteiger charge is 2.05. The van der Waals surface area contributed by atoms with Gasteiger partial charge in [-0.05, 0) is 24.3 Å². The van der Waals surface area contributed by atoms with Gasteiger partial charge in [-0.1, -0.05) is 6.07 Å². The van der Waals surface area contributed by atoms with E-state index < -0.39 is 9.84 Å². The molecule has 0 saturated heterocycles. The Kier molecular flexibility index (Phi) is 3.72. The van der Waals surface area contributed by atoms with Crippen LogP contribution in [0.1, 0.15) is 5.69 Å². The summed E-state index contributed by atoms with van der Waals surface area (Å²) in [7, 11) is -3.20. The van der Waals surface area contributed by atoms with Crippen LogP contribution < -0.4 is 0 Å². The van der Waals surface area contributed by atoms with Crippen molar-refractivity contribution in [3.63, 3.8) is 0 Å². The van der Waals surface area contributed by atoms with Crippen molar-refractivity contribution in [3.8, 4) is 11.3 Å². The quantitative estimate of drug-likeness (QED) is 0.843. The number of hydrogen-bond donors (Lipinski definition) is 0. The van der Waals surface area contributed by atoms with Crippen LogP contribution in [0.5, 0.6) is 0 Å². The molecule has 1 radical (unpaired) electrons. The summed E-state index contributed by atoms with van der Waals surface area (Å²) in [6.07, 6.45) is 6.90. The largest absolute Gasteiger partial charge is 0.264 e. The average Bonchev–Trinajstić information content (AvgIpc) is 2.37. The molecule has 2 rings (SSSR count). The molecule has 0 atom stereocenters. The summed E-state index contributed by atoms with van der Waals surface area (Å²) in [5.41, 5.74) is 2.45. The summed E-state index contributed by atoms with van der Waals surface area (Å²) >= 11 is 0. The molecule has 0 spiro atoms. The van der Waals surface area contributed by atoms with E-state index in [1.165, 1.54) is 0 Å². The van der Waals surface area contributed by atoms with Crippen LogP contribution in [-0.2, 0) is 16.3 Å². The predicted molar refractivity (Wildman–Crippen MR) is 70.3 cm³/mol. The van der Waals surface area contributed by atoms with Gasteiger partial charge in [-0.25, -0.2) is 8.42 Å². The van der Waals surface area contributed by atoms with Crippen molar-refractivity contribution < 1.29 is 8.42 Å². The van der Waals surface area contributed by atoms with Gasteiger partial charge in [0.2, 0.25) is 0 Å². The van der Waals surface area contributed by atoms with Gasteiger partial charge in [0.15, 0.2) is 9.84 Å². The number of hydrogen-bond acceptors (Lipinski definition) is 4. The van der Waals surface area contributed by atoms with E-state index in [1.54, 1.807) is 12.4 Å². The minimum absolute atomic E-state index is 0.0104. The van der Waals surface area contributed by atoms with Gasteiger partial charge >= 0.3 is 0 Å². The molecule has 0 fully saturated rings. The van der Waals surface area contributed by atoms with Crippen LogP contribution >= 0.6 is 0 Å². The third-order valence-electron chi connectivity index (χ3n) is 2.43. The van der Waals surface area contributed by atoms with Crippen molar-refractivity contribution in [3.05, 3.63) is 54.7 Å². The summed E-state index contributed by atoms with van der Waals surface area (Å²) in [6.45, 7) is 0. The van der Waals surface area contributed by atoms with Crippen molar-refractivity contribution in [2.45, 2.75) is 6.42 Å². The third kappa shape index (κ3) is 3.63. The molecule has 0 unspecified atom stereocenters. The van der Waals surface area contributed by atoms with E-state index in [9.17, 15) is 8.42 Å². The maximum atomic E-state index is 11.0. The van der Waals surface area contributed by atoms with Crippen molar-refractivity contribution in [1.29, 1.82) is 0 Å². The summed E-state index contributed by atoms with van der Waals surface area (Å²) in [5, 5.41) is 0. The zero-order valence-electron chi connectivity index (χ0n) is 9.78. The number of rotatable bonds is 4. The first-order valence-electron chi connectivity index (χ1n) is 5.47. The Morgan fingerprint density at radius 3 is 2.67 bits per heavy atom. The molecule has 2 aromatic rings. The van der Waals surface area contributed by atoms with Gasteiger partial charge in [-0.2, -0.15) is 0 Å². The van der Waals surface area contributed by atoms with Crippen LogP contribution in [0.3, 0.4) is 0 Å². The smallest absolute Gasteiger partial charge is 0.151 e. The predicted octanol–water partition coefficient (Wildman–Crippen LogP) is 1.89. The lowest BCUT2D eigenvalue weighted by molar-refractivity contribution is 0.603. The van der Waals surface area contributed by atoms with Crippen molar-refractivity contribution in [2.75, 3.05) is 5.75 Å². The summed E-state index contributed by atoms with van der Waals surface area (Å²) in [6, 6.07) is 9.30. The molecule has 0 saturated carbocycles. The van der Waals surface area contributed by atoms with E-state index in [0.29, 0.717) is 6.42 Å². The Morgan fingerprint density at radius 2 is 2.00 bits per heavy atom. The van der Waals surface area contributed by atoms with E-state index in [0.717, 1.165) is 17.0 Å². The molecule has 5 heteroatoms. The average molecular weight is 261 g/mol. The standard InChI is InChI=1S/C13H13N2O2S/c1-18(16,17)9-7-12-5-2-6-13(15-12)11-4-3-8-14-10-11/h2-6,8,10H,1,7,9H2.